The second-order valence-electron chi connectivity index (χ2n) is 4.44. The van der Waals surface area contributed by atoms with Crippen LogP contribution in [0.25, 0.3) is 0 Å². The van der Waals surface area contributed by atoms with E-state index < -0.39 is 6.10 Å². The lowest BCUT2D eigenvalue weighted by atomic mass is 10.1. The van der Waals surface area contributed by atoms with Gasteiger partial charge in [-0.1, -0.05) is 38.2 Å². The molecule has 0 aliphatic heterocycles. The van der Waals surface area contributed by atoms with Gasteiger partial charge in [-0.2, -0.15) is 0 Å². The molecule has 0 saturated heterocycles. The number of hydrogen-bond donors (Lipinski definition) is 1. The Morgan fingerprint density at radius 1 is 1.06 bits per heavy atom. The van der Waals surface area contributed by atoms with Crippen molar-refractivity contribution >= 4 is 11.6 Å². The number of hydrogen-bond acceptors (Lipinski definition) is 2. The Kier molecular flexibility index (Phi) is 14.0. The zero-order valence-electron chi connectivity index (χ0n) is 10.9. The molecule has 0 bridgehead atoms. The summed E-state index contributed by atoms with van der Waals surface area (Å²) in [6.07, 6.45) is 11.5. The Balaban J connectivity index is 2.96. The summed E-state index contributed by atoms with van der Waals surface area (Å²) < 4.78 is 5.30. The van der Waals surface area contributed by atoms with Crippen molar-refractivity contribution in [2.75, 3.05) is 19.1 Å². The van der Waals surface area contributed by atoms with E-state index in [1.165, 1.54) is 38.5 Å². The summed E-state index contributed by atoms with van der Waals surface area (Å²) in [4.78, 5) is 0. The van der Waals surface area contributed by atoms with Gasteiger partial charge in [0.05, 0.1) is 18.6 Å². The van der Waals surface area contributed by atoms with Gasteiger partial charge in [-0.15, -0.1) is 18.2 Å². The first kappa shape index (κ1) is 16.9. The van der Waals surface area contributed by atoms with Gasteiger partial charge >= 0.3 is 0 Å². The van der Waals surface area contributed by atoms with Gasteiger partial charge in [0.2, 0.25) is 0 Å². The lowest BCUT2D eigenvalue weighted by Gasteiger charge is -2.07. The van der Waals surface area contributed by atoms with Crippen molar-refractivity contribution in [1.82, 2.24) is 0 Å². The highest BCUT2D eigenvalue weighted by Crippen LogP contribution is 2.08. The van der Waals surface area contributed by atoms with E-state index in [2.05, 4.69) is 6.58 Å². The van der Waals surface area contributed by atoms with E-state index >= 15 is 0 Å². The van der Waals surface area contributed by atoms with Gasteiger partial charge in [0.1, 0.15) is 0 Å². The highest BCUT2D eigenvalue weighted by molar-refractivity contribution is 6.18. The minimum Gasteiger partial charge on any atom is -0.389 e. The quantitative estimate of drug-likeness (QED) is 0.310. The van der Waals surface area contributed by atoms with E-state index in [0.717, 1.165) is 19.4 Å². The maximum atomic E-state index is 9.14. The fraction of sp³-hybridized carbons (Fsp3) is 0.857. The monoisotopic (exact) mass is 262 g/mol. The minimum atomic E-state index is -0.512. The van der Waals surface area contributed by atoms with E-state index in [1.807, 2.05) is 6.08 Å². The van der Waals surface area contributed by atoms with Crippen LogP contribution in [0.3, 0.4) is 0 Å². The van der Waals surface area contributed by atoms with E-state index in [-0.39, 0.29) is 5.88 Å². The normalized spacial score (nSPS) is 12.6. The summed E-state index contributed by atoms with van der Waals surface area (Å²) in [5, 5.41) is 9.14. The fourth-order valence-electron chi connectivity index (χ4n) is 1.64. The minimum absolute atomic E-state index is 0.255. The molecule has 0 spiro atoms. The summed E-state index contributed by atoms with van der Waals surface area (Å²) in [6, 6.07) is 0. The molecule has 2 nitrogen and oxygen atoms in total. The molecule has 0 saturated carbocycles. The third kappa shape index (κ3) is 13.9. The first-order valence-electron chi connectivity index (χ1n) is 6.74. The fourth-order valence-corrected chi connectivity index (χ4v) is 1.73. The number of aliphatic hydroxyl groups excluding tert-OH is 1. The summed E-state index contributed by atoms with van der Waals surface area (Å²) in [7, 11) is 0. The number of halogens is 1. The zero-order chi connectivity index (χ0) is 12.8. The van der Waals surface area contributed by atoms with Gasteiger partial charge < -0.3 is 9.84 Å². The van der Waals surface area contributed by atoms with Gasteiger partial charge in [0.15, 0.2) is 0 Å². The van der Waals surface area contributed by atoms with Crippen molar-refractivity contribution in [1.29, 1.82) is 0 Å². The van der Waals surface area contributed by atoms with E-state index in [1.54, 1.807) is 0 Å². The van der Waals surface area contributed by atoms with Gasteiger partial charge in [-0.05, 0) is 19.3 Å². The van der Waals surface area contributed by atoms with Crippen LogP contribution in [0.2, 0.25) is 0 Å². The number of unbranched alkanes of at least 4 members (excludes halogenated alkanes) is 7. The summed E-state index contributed by atoms with van der Waals surface area (Å²) in [5.41, 5.74) is 0. The van der Waals surface area contributed by atoms with Crippen molar-refractivity contribution in [2.45, 2.75) is 57.5 Å². The molecule has 0 heterocycles. The average Bonchev–Trinajstić information content (AvgIpc) is 2.35. The molecular weight excluding hydrogens is 236 g/mol. The molecule has 3 heteroatoms. The second-order valence-corrected chi connectivity index (χ2v) is 4.74. The number of alkyl halides is 1. The molecule has 1 N–H and O–H groups in total. The maximum absolute atomic E-state index is 9.14. The van der Waals surface area contributed by atoms with Crippen molar-refractivity contribution < 1.29 is 9.84 Å². The molecule has 0 aromatic carbocycles. The van der Waals surface area contributed by atoms with Crippen molar-refractivity contribution in [3.8, 4) is 0 Å². The molecule has 0 amide bonds. The van der Waals surface area contributed by atoms with Crippen molar-refractivity contribution in [3.05, 3.63) is 12.7 Å². The number of ether oxygens (including phenoxy) is 1. The van der Waals surface area contributed by atoms with Crippen LogP contribution in [-0.4, -0.2) is 30.3 Å². The predicted octanol–water partition coefficient (Wildman–Crippen LogP) is 3.91. The van der Waals surface area contributed by atoms with Crippen LogP contribution in [0.15, 0.2) is 12.7 Å². The van der Waals surface area contributed by atoms with Crippen LogP contribution in [0.1, 0.15) is 51.4 Å². The average molecular weight is 263 g/mol. The first-order chi connectivity index (χ1) is 8.31. The third-order valence-electron chi connectivity index (χ3n) is 2.69. The topological polar surface area (TPSA) is 29.5 Å². The van der Waals surface area contributed by atoms with Gasteiger partial charge in [0.25, 0.3) is 0 Å². The third-order valence-corrected chi connectivity index (χ3v) is 3.04. The van der Waals surface area contributed by atoms with Crippen LogP contribution in [0.5, 0.6) is 0 Å². The molecule has 0 rings (SSSR count). The largest absolute Gasteiger partial charge is 0.389 e. The molecule has 17 heavy (non-hydrogen) atoms. The molecule has 0 aliphatic rings. The van der Waals surface area contributed by atoms with E-state index in [4.69, 9.17) is 21.4 Å². The van der Waals surface area contributed by atoms with Crippen LogP contribution in [0, 0.1) is 0 Å². The van der Waals surface area contributed by atoms with E-state index in [9.17, 15) is 0 Å². The van der Waals surface area contributed by atoms with Gasteiger partial charge in [-0.25, -0.2) is 0 Å². The molecule has 1 atom stereocenters. The predicted molar refractivity (Wildman–Crippen MR) is 74.7 cm³/mol. The van der Waals surface area contributed by atoms with Crippen LogP contribution in [-0.2, 0) is 4.74 Å². The molecule has 0 radical (unpaired) electrons. The van der Waals surface area contributed by atoms with Gasteiger partial charge in [0, 0.05) is 6.61 Å². The van der Waals surface area contributed by atoms with Crippen molar-refractivity contribution in [3.63, 3.8) is 0 Å². The molecule has 0 aromatic heterocycles. The summed E-state index contributed by atoms with van der Waals surface area (Å²) >= 11 is 5.45. The second kappa shape index (κ2) is 14.0. The Labute approximate surface area is 111 Å². The van der Waals surface area contributed by atoms with Crippen LogP contribution in [0.4, 0.5) is 0 Å². The summed E-state index contributed by atoms with van der Waals surface area (Å²) in [6.45, 7) is 4.82. The standard InChI is InChI=1S/C14H27ClO2/c1-2-3-4-5-6-7-8-9-10-11-17-13-14(16)12-15/h2,14,16H,1,3-13H2. The summed E-state index contributed by atoms with van der Waals surface area (Å²) in [5.74, 6) is 0.255. The van der Waals surface area contributed by atoms with Crippen molar-refractivity contribution in [2.24, 2.45) is 0 Å². The highest BCUT2D eigenvalue weighted by atomic mass is 35.5. The van der Waals surface area contributed by atoms with Crippen LogP contribution < -0.4 is 0 Å². The lowest BCUT2D eigenvalue weighted by molar-refractivity contribution is 0.0461. The molecule has 0 fully saturated rings. The lowest BCUT2D eigenvalue weighted by Crippen LogP contribution is -2.17. The highest BCUT2D eigenvalue weighted by Gasteiger charge is 2.00. The van der Waals surface area contributed by atoms with Gasteiger partial charge in [-0.3, -0.25) is 0 Å². The SMILES string of the molecule is C=CCCCCCCCCCOCC(O)CCl. The number of allylic oxidation sites excluding steroid dienone is 1. The van der Waals surface area contributed by atoms with Crippen LogP contribution >= 0.6 is 11.6 Å². The Morgan fingerprint density at radius 3 is 2.24 bits per heavy atom. The molecule has 0 aliphatic carbocycles. The maximum Gasteiger partial charge on any atom is 0.0908 e. The Bertz CT molecular complexity index is 162. The number of rotatable bonds is 13. The number of aliphatic hydroxyl groups is 1. The molecular formula is C14H27ClO2. The Hall–Kier alpha value is -0.0500. The smallest absolute Gasteiger partial charge is 0.0908 e. The molecule has 0 aromatic rings. The first-order valence-corrected chi connectivity index (χ1v) is 7.27. The molecule has 102 valence electrons. The Morgan fingerprint density at radius 2 is 1.65 bits per heavy atom. The molecule has 1 unspecified atom stereocenters. The van der Waals surface area contributed by atoms with E-state index in [0.29, 0.717) is 6.61 Å². The zero-order valence-corrected chi connectivity index (χ0v) is 11.6.